The molecule has 1 aliphatic rings. The maximum atomic E-state index is 6.15. The molecular formula is C21H22ClNSi. The Kier molecular flexibility index (Phi) is 4.21. The van der Waals surface area contributed by atoms with Crippen molar-refractivity contribution in [1.82, 2.24) is 4.90 Å². The first-order valence-electron chi connectivity index (χ1n) is 8.61. The summed E-state index contributed by atoms with van der Waals surface area (Å²) in [5.74, 6) is 0. The lowest BCUT2D eigenvalue weighted by molar-refractivity contribution is 0.357. The number of fused-ring (bicyclic) bond motifs is 1. The summed E-state index contributed by atoms with van der Waals surface area (Å²) in [5.41, 5.74) is 0. The first kappa shape index (κ1) is 15.9. The lowest BCUT2D eigenvalue weighted by Gasteiger charge is -2.40. The average molecular weight is 352 g/mol. The van der Waals surface area contributed by atoms with Gasteiger partial charge < -0.3 is 4.90 Å². The van der Waals surface area contributed by atoms with E-state index in [0.717, 1.165) is 5.02 Å². The van der Waals surface area contributed by atoms with Crippen LogP contribution >= 0.6 is 11.6 Å². The number of hydrogen-bond donors (Lipinski definition) is 0. The van der Waals surface area contributed by atoms with Gasteiger partial charge in [0.05, 0.1) is 0 Å². The molecule has 24 heavy (non-hydrogen) atoms. The van der Waals surface area contributed by atoms with Crippen LogP contribution in [-0.2, 0) is 0 Å². The molecule has 3 aromatic carbocycles. The molecular weight excluding hydrogens is 330 g/mol. The Balaban J connectivity index is 1.86. The van der Waals surface area contributed by atoms with Crippen LogP contribution in [0.25, 0.3) is 10.8 Å². The Morgan fingerprint density at radius 2 is 1.42 bits per heavy atom. The maximum Gasteiger partial charge on any atom is 0.120 e. The summed E-state index contributed by atoms with van der Waals surface area (Å²) in [7, 11) is 0.520. The summed E-state index contributed by atoms with van der Waals surface area (Å²) in [4.78, 5) is 2.46. The molecule has 1 saturated heterocycles. The summed E-state index contributed by atoms with van der Waals surface area (Å²) in [6, 6.07) is 27.0. The van der Waals surface area contributed by atoms with Gasteiger partial charge in [-0.2, -0.15) is 0 Å². The fraction of sp³-hybridized carbons (Fsp3) is 0.238. The van der Waals surface area contributed by atoms with E-state index in [1.54, 1.807) is 5.19 Å². The van der Waals surface area contributed by atoms with Crippen molar-refractivity contribution in [3.63, 3.8) is 0 Å². The van der Waals surface area contributed by atoms with Gasteiger partial charge in [-0.05, 0) is 55.1 Å². The minimum absolute atomic E-state index is 0.828. The van der Waals surface area contributed by atoms with E-state index in [2.05, 4.69) is 78.7 Å². The highest BCUT2D eigenvalue weighted by Gasteiger charge is 2.39. The molecule has 0 saturated carbocycles. The fourth-order valence-corrected chi connectivity index (χ4v) is 9.03. The van der Waals surface area contributed by atoms with Gasteiger partial charge in [-0.15, -0.1) is 0 Å². The molecule has 0 aromatic heterocycles. The fourth-order valence-electron chi connectivity index (χ4n) is 4.00. The zero-order valence-corrected chi connectivity index (χ0v) is 15.8. The molecule has 0 spiro atoms. The lowest BCUT2D eigenvalue weighted by Crippen LogP contribution is -2.62. The summed E-state index contributed by atoms with van der Waals surface area (Å²) in [6.07, 6.45) is 0. The summed E-state index contributed by atoms with van der Waals surface area (Å²) in [6.45, 7) is 2.36. The third-order valence-electron chi connectivity index (χ3n) is 5.54. The molecule has 122 valence electrons. The van der Waals surface area contributed by atoms with Crippen LogP contribution in [0.1, 0.15) is 0 Å². The average Bonchev–Trinajstić information content (AvgIpc) is 2.63. The van der Waals surface area contributed by atoms with Gasteiger partial charge in [0.15, 0.2) is 0 Å². The third kappa shape index (κ3) is 2.79. The van der Waals surface area contributed by atoms with Crippen LogP contribution in [0, 0.1) is 0 Å². The van der Waals surface area contributed by atoms with E-state index in [1.165, 1.54) is 41.1 Å². The van der Waals surface area contributed by atoms with Crippen LogP contribution in [0.3, 0.4) is 0 Å². The van der Waals surface area contributed by atoms with Crippen LogP contribution in [-0.4, -0.2) is 33.1 Å². The highest BCUT2D eigenvalue weighted by Crippen LogP contribution is 2.24. The van der Waals surface area contributed by atoms with E-state index < -0.39 is 8.07 Å². The second-order valence-corrected chi connectivity index (χ2v) is 11.7. The predicted molar refractivity (Wildman–Crippen MR) is 108 cm³/mol. The number of halogens is 1. The van der Waals surface area contributed by atoms with Gasteiger partial charge in [0.1, 0.15) is 8.07 Å². The van der Waals surface area contributed by atoms with Gasteiger partial charge in [-0.3, -0.25) is 0 Å². The van der Waals surface area contributed by atoms with E-state index in [4.69, 9.17) is 11.6 Å². The molecule has 1 fully saturated rings. The van der Waals surface area contributed by atoms with Crippen molar-refractivity contribution in [2.45, 2.75) is 12.1 Å². The Morgan fingerprint density at radius 3 is 2.12 bits per heavy atom. The van der Waals surface area contributed by atoms with Crippen molar-refractivity contribution >= 4 is 40.8 Å². The molecule has 0 amide bonds. The van der Waals surface area contributed by atoms with Crippen molar-refractivity contribution in [2.75, 3.05) is 20.1 Å². The summed E-state index contributed by atoms with van der Waals surface area (Å²) >= 11 is 6.15. The van der Waals surface area contributed by atoms with E-state index in [9.17, 15) is 0 Å². The quantitative estimate of drug-likeness (QED) is 0.631. The summed E-state index contributed by atoms with van der Waals surface area (Å²) < 4.78 is 0. The van der Waals surface area contributed by atoms with Crippen molar-refractivity contribution in [3.05, 3.63) is 71.8 Å². The minimum atomic E-state index is -1.72. The molecule has 0 N–H and O–H groups in total. The molecule has 0 bridgehead atoms. The van der Waals surface area contributed by atoms with Crippen LogP contribution in [0.5, 0.6) is 0 Å². The van der Waals surface area contributed by atoms with Crippen molar-refractivity contribution in [3.8, 4) is 0 Å². The number of nitrogens with zero attached hydrogens (tertiary/aromatic N) is 1. The predicted octanol–water partition coefficient (Wildman–Crippen LogP) is 4.00. The van der Waals surface area contributed by atoms with Crippen LogP contribution in [0.2, 0.25) is 17.1 Å². The van der Waals surface area contributed by atoms with E-state index in [-0.39, 0.29) is 0 Å². The van der Waals surface area contributed by atoms with Crippen molar-refractivity contribution in [1.29, 1.82) is 0 Å². The Labute approximate surface area is 149 Å². The topological polar surface area (TPSA) is 3.24 Å². The van der Waals surface area contributed by atoms with Gasteiger partial charge in [-0.1, -0.05) is 76.6 Å². The van der Waals surface area contributed by atoms with Gasteiger partial charge in [-0.25, -0.2) is 0 Å². The van der Waals surface area contributed by atoms with Crippen LogP contribution in [0.15, 0.2) is 66.7 Å². The first-order chi connectivity index (χ1) is 11.7. The van der Waals surface area contributed by atoms with Crippen molar-refractivity contribution < 1.29 is 0 Å². The largest absolute Gasteiger partial charge is 0.307 e. The molecule has 1 aliphatic heterocycles. The Hall–Kier alpha value is -1.61. The molecule has 1 nitrogen and oxygen atoms in total. The first-order valence-corrected chi connectivity index (χ1v) is 11.4. The summed E-state index contributed by atoms with van der Waals surface area (Å²) in [5, 5.41) is 6.60. The van der Waals surface area contributed by atoms with E-state index in [0.29, 0.717) is 0 Å². The minimum Gasteiger partial charge on any atom is -0.307 e. The SMILES string of the molecule is CN1CC[Si](c2ccc(Cl)cc2)(c2ccc3ccccc3c2)CC1. The Morgan fingerprint density at radius 1 is 0.792 bits per heavy atom. The van der Waals surface area contributed by atoms with E-state index in [1.807, 2.05) is 0 Å². The molecule has 1 heterocycles. The number of rotatable bonds is 2. The normalized spacial score (nSPS) is 17.9. The maximum absolute atomic E-state index is 6.15. The Bertz CT molecular complexity index is 851. The smallest absolute Gasteiger partial charge is 0.120 e. The van der Waals surface area contributed by atoms with Gasteiger partial charge in [0.2, 0.25) is 0 Å². The molecule has 0 aliphatic carbocycles. The monoisotopic (exact) mass is 351 g/mol. The second-order valence-electron chi connectivity index (χ2n) is 6.95. The number of hydrogen-bond acceptors (Lipinski definition) is 1. The lowest BCUT2D eigenvalue weighted by atomic mass is 10.1. The molecule has 3 heteroatoms. The van der Waals surface area contributed by atoms with Gasteiger partial charge in [0, 0.05) is 5.02 Å². The zero-order valence-electron chi connectivity index (χ0n) is 14.0. The molecule has 4 rings (SSSR count). The third-order valence-corrected chi connectivity index (χ3v) is 10.8. The van der Waals surface area contributed by atoms with Crippen LogP contribution < -0.4 is 10.4 Å². The number of benzene rings is 3. The van der Waals surface area contributed by atoms with Crippen molar-refractivity contribution in [2.24, 2.45) is 0 Å². The van der Waals surface area contributed by atoms with Crippen LogP contribution in [0.4, 0.5) is 0 Å². The second kappa shape index (κ2) is 6.36. The standard InChI is InChI=1S/C21H22ClNSi/c1-23-12-14-24(15-13-23,20-10-7-19(22)8-11-20)21-9-6-17-4-2-3-5-18(17)16-21/h2-11,16H,12-15H2,1H3. The molecule has 0 atom stereocenters. The van der Waals surface area contributed by atoms with E-state index >= 15 is 0 Å². The molecule has 3 aromatic rings. The molecule has 0 unspecified atom stereocenters. The van der Waals surface area contributed by atoms with Gasteiger partial charge in [0.25, 0.3) is 0 Å². The highest BCUT2D eigenvalue weighted by molar-refractivity contribution is 7.02. The zero-order chi connectivity index (χ0) is 16.6. The highest BCUT2D eigenvalue weighted by atomic mass is 35.5. The van der Waals surface area contributed by atoms with Gasteiger partial charge >= 0.3 is 0 Å². The molecule has 0 radical (unpaired) electrons.